The maximum Gasteiger partial charge on any atom is 2.00 e. The Kier molecular flexibility index (Phi) is 25.9. The summed E-state index contributed by atoms with van der Waals surface area (Å²) in [4.78, 5) is 0. The second-order valence-corrected chi connectivity index (χ2v) is 0.495. The molecule has 0 spiro atoms. The van der Waals surface area contributed by atoms with Crippen molar-refractivity contribution < 1.29 is 54.0 Å². The second-order valence-electron chi connectivity index (χ2n) is 0.495. The molecule has 0 atom stereocenters. The van der Waals surface area contributed by atoms with E-state index in [4.69, 9.17) is 0 Å². The van der Waals surface area contributed by atoms with Gasteiger partial charge in [0.1, 0.15) is 0 Å². The van der Waals surface area contributed by atoms with Crippen LogP contribution in [0.25, 0.3) is 0 Å². The molecule has 0 radical (unpaired) electrons. The number of hydrogen-bond donors (Lipinski definition) is 0. The first-order valence-electron chi connectivity index (χ1n) is 0.873. The number of halogens is 4. The molecule has 0 nitrogen and oxygen atoms in total. The fourth-order valence-electron chi connectivity index (χ4n) is 0. The van der Waals surface area contributed by atoms with Crippen LogP contribution < -0.4 is 29.6 Å². The summed E-state index contributed by atoms with van der Waals surface area (Å²) in [6.07, 6.45) is 0. The molecule has 42 valence electrons. The first kappa shape index (κ1) is 22.5. The van der Waals surface area contributed by atoms with Gasteiger partial charge in [0.05, 0.1) is 0 Å². The molecule has 0 fully saturated rings. The Labute approximate surface area is 108 Å². The molecule has 0 heterocycles. The molecule has 0 aliphatic rings. The van der Waals surface area contributed by atoms with Crippen LogP contribution in [0.5, 0.6) is 0 Å². The quantitative estimate of drug-likeness (QED) is 0.290. The Balaban J connectivity index is -0.00000000286. The van der Waals surface area contributed by atoms with Crippen molar-refractivity contribution in [2.45, 2.75) is 0 Å². The number of hydrogen-bond acceptors (Lipinski definition) is 0. The van der Waals surface area contributed by atoms with Crippen molar-refractivity contribution in [2.75, 3.05) is 0 Å². The molecule has 8 heavy (non-hydrogen) atoms. The van der Waals surface area contributed by atoms with Gasteiger partial charge in [0, 0.05) is 0 Å². The van der Waals surface area contributed by atoms with Crippen molar-refractivity contribution in [1.82, 2.24) is 0 Å². The first-order chi connectivity index (χ1) is 2.00. The summed E-state index contributed by atoms with van der Waals surface area (Å²) in [7, 11) is -6.00. The standard InChI is InChI=1S/BF4.Be.Ca.Na.5H/c2-1(3,4)5;;;;;;;;/q-1;2*+2;+1;5*-1. The van der Waals surface area contributed by atoms with E-state index in [1.165, 1.54) is 0 Å². The third-order valence-electron chi connectivity index (χ3n) is 0. The average molecular weight is 164 g/mol. The fraction of sp³-hybridized carbons (Fsp3) is 0. The Bertz CT molecular complexity index is 44.0. The SMILES string of the molecule is F[B-](F)(F)F.[Be+2].[Ca+2].[H-].[H-].[H-].[H-].[H-].[Na+]. The number of rotatable bonds is 0. The Morgan fingerprint density at radius 3 is 1.00 bits per heavy atom. The molecule has 0 saturated heterocycles. The zero-order valence-electron chi connectivity index (χ0n) is 9.50. The Morgan fingerprint density at radius 2 is 1.00 bits per heavy atom. The van der Waals surface area contributed by atoms with Gasteiger partial charge >= 0.3 is 84.7 Å². The fourth-order valence-corrected chi connectivity index (χ4v) is 0. The van der Waals surface area contributed by atoms with Crippen LogP contribution >= 0.6 is 0 Å². The van der Waals surface area contributed by atoms with Crippen LogP contribution in [0.2, 0.25) is 0 Å². The van der Waals surface area contributed by atoms with Crippen LogP contribution in [0.3, 0.4) is 0 Å². The van der Waals surface area contributed by atoms with Crippen LogP contribution in [0.4, 0.5) is 17.3 Å². The van der Waals surface area contributed by atoms with Crippen molar-refractivity contribution in [3.05, 3.63) is 0 Å². The van der Waals surface area contributed by atoms with Gasteiger partial charge < -0.3 is 24.4 Å². The van der Waals surface area contributed by atoms with E-state index < -0.39 is 7.25 Å². The molecule has 0 amide bonds. The van der Waals surface area contributed by atoms with Gasteiger partial charge in [0.25, 0.3) is 0 Å². The summed E-state index contributed by atoms with van der Waals surface area (Å²) in [5, 5.41) is 0. The molecular formula is H5BBeCaF4Na-. The minimum absolute atomic E-state index is 0. The van der Waals surface area contributed by atoms with Crippen LogP contribution in [-0.4, -0.2) is 55.1 Å². The van der Waals surface area contributed by atoms with Gasteiger partial charge in [-0.05, 0) is 0 Å². The molecule has 0 aliphatic heterocycles. The summed E-state index contributed by atoms with van der Waals surface area (Å²) in [5.74, 6) is 0. The summed E-state index contributed by atoms with van der Waals surface area (Å²) in [6.45, 7) is 0. The molecule has 0 aromatic heterocycles. The predicted octanol–water partition coefficient (Wildman–Crippen LogP) is -1.90. The van der Waals surface area contributed by atoms with Crippen molar-refractivity contribution >= 4 is 55.1 Å². The van der Waals surface area contributed by atoms with E-state index in [9.17, 15) is 17.3 Å². The molecule has 0 saturated carbocycles. The van der Waals surface area contributed by atoms with E-state index in [0.717, 1.165) is 0 Å². The smallest absolute Gasteiger partial charge is 1.00 e. The maximum absolute atomic E-state index is 9.75. The van der Waals surface area contributed by atoms with Crippen LogP contribution in [0.1, 0.15) is 7.13 Å². The van der Waals surface area contributed by atoms with Crippen molar-refractivity contribution in [2.24, 2.45) is 0 Å². The minimum atomic E-state index is -6.00. The third-order valence-corrected chi connectivity index (χ3v) is 0. The molecule has 0 bridgehead atoms. The second kappa shape index (κ2) is 9.21. The molecule has 0 unspecified atom stereocenters. The predicted molar refractivity (Wildman–Crippen MR) is 27.3 cm³/mol. The van der Waals surface area contributed by atoms with E-state index in [-0.39, 0.29) is 84.5 Å². The largest absolute Gasteiger partial charge is 2.00 e. The van der Waals surface area contributed by atoms with Gasteiger partial charge in [-0.15, -0.1) is 0 Å². The maximum atomic E-state index is 9.75. The zero-order valence-corrected chi connectivity index (χ0v) is 8.71. The summed E-state index contributed by atoms with van der Waals surface area (Å²) >= 11 is 0. The van der Waals surface area contributed by atoms with Crippen molar-refractivity contribution in [1.29, 1.82) is 0 Å². The van der Waals surface area contributed by atoms with E-state index in [2.05, 4.69) is 0 Å². The molecule has 0 N–H and O–H groups in total. The van der Waals surface area contributed by atoms with Crippen molar-refractivity contribution in [3.8, 4) is 0 Å². The summed E-state index contributed by atoms with van der Waals surface area (Å²) < 4.78 is 39.0. The zero-order chi connectivity index (χ0) is 4.50. The van der Waals surface area contributed by atoms with Gasteiger partial charge in [0.2, 0.25) is 0 Å². The molecule has 0 aromatic carbocycles. The Hall–Kier alpha value is 2.21. The molecule has 0 rings (SSSR count). The molecule has 0 aliphatic carbocycles. The van der Waals surface area contributed by atoms with Crippen LogP contribution in [0.15, 0.2) is 0 Å². The van der Waals surface area contributed by atoms with E-state index in [1.807, 2.05) is 0 Å². The third kappa shape index (κ3) is 87.2. The summed E-state index contributed by atoms with van der Waals surface area (Å²) in [5.41, 5.74) is 0. The van der Waals surface area contributed by atoms with Crippen LogP contribution in [-0.2, 0) is 0 Å². The van der Waals surface area contributed by atoms with E-state index in [0.29, 0.717) is 0 Å². The van der Waals surface area contributed by atoms with Crippen molar-refractivity contribution in [3.63, 3.8) is 0 Å². The van der Waals surface area contributed by atoms with Gasteiger partial charge in [-0.3, -0.25) is 0 Å². The normalized spacial score (nSPS) is 7.50. The van der Waals surface area contributed by atoms with E-state index in [1.54, 1.807) is 0 Å². The van der Waals surface area contributed by atoms with Gasteiger partial charge in [-0.25, -0.2) is 0 Å². The monoisotopic (exact) mass is 164 g/mol. The first-order valence-corrected chi connectivity index (χ1v) is 0.873. The van der Waals surface area contributed by atoms with Crippen LogP contribution in [0, 0.1) is 0 Å². The molecule has 8 heteroatoms. The summed E-state index contributed by atoms with van der Waals surface area (Å²) in [6, 6.07) is 0. The topological polar surface area (TPSA) is 0 Å². The average Bonchev–Trinajstić information content (AvgIpc) is 0.722. The van der Waals surface area contributed by atoms with E-state index >= 15 is 0 Å². The molecule has 0 aromatic rings. The van der Waals surface area contributed by atoms with Gasteiger partial charge in [0.15, 0.2) is 0 Å². The molecular weight excluding hydrogens is 159 g/mol. The van der Waals surface area contributed by atoms with Gasteiger partial charge in [-0.2, -0.15) is 0 Å². The van der Waals surface area contributed by atoms with Gasteiger partial charge in [-0.1, -0.05) is 0 Å². The Morgan fingerprint density at radius 1 is 1.00 bits per heavy atom. The minimum Gasteiger partial charge on any atom is -1.00 e.